The molecule has 0 saturated carbocycles. The third-order valence-corrected chi connectivity index (χ3v) is 4.78. The summed E-state index contributed by atoms with van der Waals surface area (Å²) in [7, 11) is 1.31. The van der Waals surface area contributed by atoms with Crippen LogP contribution in [-0.4, -0.2) is 22.6 Å². The van der Waals surface area contributed by atoms with Crippen LogP contribution in [-0.2, 0) is 11.3 Å². The molecule has 6 nitrogen and oxygen atoms in total. The Labute approximate surface area is 160 Å². The summed E-state index contributed by atoms with van der Waals surface area (Å²) < 4.78 is 20.1. The maximum atomic E-state index is 13.5. The van der Waals surface area contributed by atoms with Gasteiger partial charge in [-0.25, -0.2) is 14.2 Å². The minimum absolute atomic E-state index is 0.277. The fourth-order valence-corrected chi connectivity index (χ4v) is 3.42. The van der Waals surface area contributed by atoms with Crippen molar-refractivity contribution < 1.29 is 13.9 Å². The number of hydrogen-bond donors (Lipinski definition) is 2. The number of hydrogen-bond acceptors (Lipinski definition) is 4. The van der Waals surface area contributed by atoms with Gasteiger partial charge < -0.3 is 14.9 Å². The number of nitrogens with two attached hydrogens (primary N) is 1. The number of ether oxygens (including phenoxy) is 1. The van der Waals surface area contributed by atoms with Crippen molar-refractivity contribution in [3.63, 3.8) is 0 Å². The van der Waals surface area contributed by atoms with Gasteiger partial charge in [-0.2, -0.15) is 0 Å². The number of methoxy groups -OCH3 is 1. The summed E-state index contributed by atoms with van der Waals surface area (Å²) in [5, 5.41) is 4.50. The molecule has 0 atom stereocenters. The number of imidazole rings is 1. The number of aryl methyl sites for hydroxylation is 1. The Hall–Kier alpha value is -3.45. The number of halogens is 1. The SMILES string of the molecule is COC(=O)Nc1ccc2ccn3c(CN)c(-c4ccc(F)cc4C)nc3c2c1. The summed E-state index contributed by atoms with van der Waals surface area (Å²) in [6.07, 6.45) is 1.38. The molecular formula is C21H19FN4O2. The molecule has 0 saturated heterocycles. The molecule has 0 aliphatic rings. The molecule has 0 radical (unpaired) electrons. The first kappa shape index (κ1) is 17.9. The highest BCUT2D eigenvalue weighted by Gasteiger charge is 2.17. The molecular weight excluding hydrogens is 359 g/mol. The Kier molecular flexibility index (Phi) is 4.44. The standard InChI is InChI=1S/C21H19FN4O2/c1-12-9-14(22)4-6-16(12)19-18(11-23)26-8-7-13-3-5-15(24-21(27)28-2)10-17(13)20(26)25-19/h3-10H,11,23H2,1-2H3,(H,24,27). The van der Waals surface area contributed by atoms with Gasteiger partial charge in [0.05, 0.1) is 18.5 Å². The van der Waals surface area contributed by atoms with Crippen molar-refractivity contribution in [2.75, 3.05) is 12.4 Å². The second-order valence-electron chi connectivity index (χ2n) is 6.50. The van der Waals surface area contributed by atoms with Gasteiger partial charge in [0.25, 0.3) is 0 Å². The van der Waals surface area contributed by atoms with E-state index in [0.29, 0.717) is 11.3 Å². The van der Waals surface area contributed by atoms with Crippen molar-refractivity contribution in [3.05, 3.63) is 65.7 Å². The maximum Gasteiger partial charge on any atom is 0.411 e. The lowest BCUT2D eigenvalue weighted by Crippen LogP contribution is -2.10. The van der Waals surface area contributed by atoms with Crippen LogP contribution >= 0.6 is 0 Å². The quantitative estimate of drug-likeness (QED) is 0.559. The summed E-state index contributed by atoms with van der Waals surface area (Å²) >= 11 is 0. The zero-order valence-corrected chi connectivity index (χ0v) is 15.5. The maximum absolute atomic E-state index is 13.5. The van der Waals surface area contributed by atoms with Crippen LogP contribution in [0.1, 0.15) is 11.3 Å². The Morgan fingerprint density at radius 3 is 2.79 bits per heavy atom. The lowest BCUT2D eigenvalue weighted by Gasteiger charge is -2.07. The highest BCUT2D eigenvalue weighted by Crippen LogP contribution is 2.31. The lowest BCUT2D eigenvalue weighted by molar-refractivity contribution is 0.187. The smallest absolute Gasteiger partial charge is 0.411 e. The van der Waals surface area contributed by atoms with Crippen LogP contribution in [0.5, 0.6) is 0 Å². The first-order chi connectivity index (χ1) is 13.5. The van der Waals surface area contributed by atoms with Crippen molar-refractivity contribution in [3.8, 4) is 11.3 Å². The number of carbonyl (C=O) groups excluding carboxylic acids is 1. The van der Waals surface area contributed by atoms with Crippen LogP contribution in [0.25, 0.3) is 27.7 Å². The average Bonchev–Trinajstić information content (AvgIpc) is 3.06. The summed E-state index contributed by atoms with van der Waals surface area (Å²) in [4.78, 5) is 16.4. The van der Waals surface area contributed by atoms with E-state index in [1.165, 1.54) is 19.2 Å². The van der Waals surface area contributed by atoms with Crippen LogP contribution in [0, 0.1) is 12.7 Å². The van der Waals surface area contributed by atoms with Gasteiger partial charge in [-0.3, -0.25) is 5.32 Å². The minimum atomic E-state index is -0.542. The van der Waals surface area contributed by atoms with Crippen LogP contribution < -0.4 is 11.1 Å². The summed E-state index contributed by atoms with van der Waals surface area (Å²) in [6.45, 7) is 2.12. The van der Waals surface area contributed by atoms with E-state index in [-0.39, 0.29) is 12.4 Å². The Morgan fingerprint density at radius 2 is 2.07 bits per heavy atom. The predicted molar refractivity (Wildman–Crippen MR) is 107 cm³/mol. The Balaban J connectivity index is 1.96. The number of amides is 1. The van der Waals surface area contributed by atoms with Gasteiger partial charge in [-0.1, -0.05) is 6.07 Å². The van der Waals surface area contributed by atoms with Crippen LogP contribution in [0.2, 0.25) is 0 Å². The van der Waals surface area contributed by atoms with Crippen molar-refractivity contribution in [1.82, 2.24) is 9.38 Å². The lowest BCUT2D eigenvalue weighted by atomic mass is 10.0. The van der Waals surface area contributed by atoms with Crippen molar-refractivity contribution >= 4 is 28.2 Å². The van der Waals surface area contributed by atoms with Crippen molar-refractivity contribution in [1.29, 1.82) is 0 Å². The second-order valence-corrected chi connectivity index (χ2v) is 6.50. The molecule has 2 aromatic carbocycles. The number of anilines is 1. The molecule has 0 fully saturated rings. The molecule has 3 N–H and O–H groups in total. The molecule has 0 spiro atoms. The van der Waals surface area contributed by atoms with Crippen molar-refractivity contribution in [2.45, 2.75) is 13.5 Å². The summed E-state index contributed by atoms with van der Waals surface area (Å²) in [6, 6.07) is 12.1. The molecule has 2 heterocycles. The monoisotopic (exact) mass is 378 g/mol. The topological polar surface area (TPSA) is 81.6 Å². The minimum Gasteiger partial charge on any atom is -0.453 e. The molecule has 0 aliphatic heterocycles. The van der Waals surface area contributed by atoms with Crippen LogP contribution in [0.15, 0.2) is 48.7 Å². The fraction of sp³-hybridized carbons (Fsp3) is 0.143. The number of nitrogens with zero attached hydrogens (tertiary/aromatic N) is 2. The highest BCUT2D eigenvalue weighted by molar-refractivity contribution is 5.99. The van der Waals surface area contributed by atoms with Gasteiger partial charge in [0.15, 0.2) is 0 Å². The van der Waals surface area contributed by atoms with E-state index in [4.69, 9.17) is 10.7 Å². The molecule has 7 heteroatoms. The third kappa shape index (κ3) is 2.95. The fourth-order valence-electron chi connectivity index (χ4n) is 3.42. The van der Waals surface area contributed by atoms with Gasteiger partial charge >= 0.3 is 6.09 Å². The zero-order chi connectivity index (χ0) is 19.8. The molecule has 0 bridgehead atoms. The molecule has 1 amide bonds. The first-order valence-corrected chi connectivity index (χ1v) is 8.77. The molecule has 2 aromatic heterocycles. The van der Waals surface area contributed by atoms with Gasteiger partial charge in [0.1, 0.15) is 11.5 Å². The van der Waals surface area contributed by atoms with Crippen LogP contribution in [0.3, 0.4) is 0 Å². The van der Waals surface area contributed by atoms with Crippen LogP contribution in [0.4, 0.5) is 14.9 Å². The van der Waals surface area contributed by atoms with E-state index < -0.39 is 6.09 Å². The Bertz CT molecular complexity index is 1220. The van der Waals surface area contributed by atoms with E-state index in [9.17, 15) is 9.18 Å². The average molecular weight is 378 g/mol. The van der Waals surface area contributed by atoms with Gasteiger partial charge in [-0.15, -0.1) is 0 Å². The number of aromatic nitrogens is 2. The number of pyridine rings is 1. The van der Waals surface area contributed by atoms with E-state index in [2.05, 4.69) is 10.1 Å². The second kappa shape index (κ2) is 6.94. The van der Waals surface area contributed by atoms with Gasteiger partial charge in [0, 0.05) is 29.4 Å². The van der Waals surface area contributed by atoms with E-state index >= 15 is 0 Å². The number of fused-ring (bicyclic) bond motifs is 3. The number of nitrogens with one attached hydrogen (secondary N) is 1. The predicted octanol–water partition coefficient (Wildman–Crippen LogP) is 4.24. The molecule has 0 aliphatic carbocycles. The van der Waals surface area contributed by atoms with Gasteiger partial charge in [0.2, 0.25) is 0 Å². The highest BCUT2D eigenvalue weighted by atomic mass is 19.1. The Morgan fingerprint density at radius 1 is 1.25 bits per heavy atom. The summed E-state index contributed by atoms with van der Waals surface area (Å²) in [5.41, 5.74) is 10.5. The first-order valence-electron chi connectivity index (χ1n) is 8.77. The normalized spacial score (nSPS) is 11.1. The molecule has 4 rings (SSSR count). The van der Waals surface area contributed by atoms with Gasteiger partial charge in [-0.05, 0) is 54.3 Å². The van der Waals surface area contributed by atoms with Crippen molar-refractivity contribution in [2.24, 2.45) is 5.73 Å². The molecule has 0 unspecified atom stereocenters. The molecule has 142 valence electrons. The molecule has 28 heavy (non-hydrogen) atoms. The summed E-state index contributed by atoms with van der Waals surface area (Å²) in [5.74, 6) is -0.289. The number of benzene rings is 2. The number of rotatable bonds is 3. The number of carbonyl (C=O) groups is 1. The van der Waals surface area contributed by atoms with E-state index in [1.54, 1.807) is 12.1 Å². The van der Waals surface area contributed by atoms with E-state index in [1.807, 2.05) is 35.7 Å². The largest absolute Gasteiger partial charge is 0.453 e. The molecule has 4 aromatic rings. The third-order valence-electron chi connectivity index (χ3n) is 4.78. The zero-order valence-electron chi connectivity index (χ0n) is 15.5. The van der Waals surface area contributed by atoms with E-state index in [0.717, 1.165) is 33.3 Å².